The number of amides is 1. The van der Waals surface area contributed by atoms with Crippen LogP contribution in [0.2, 0.25) is 0 Å². The van der Waals surface area contributed by atoms with E-state index in [4.69, 9.17) is 4.98 Å². The summed E-state index contributed by atoms with van der Waals surface area (Å²) >= 11 is 0. The van der Waals surface area contributed by atoms with E-state index in [1.807, 2.05) is 24.3 Å². The van der Waals surface area contributed by atoms with Gasteiger partial charge in [0.05, 0.1) is 17.1 Å². The summed E-state index contributed by atoms with van der Waals surface area (Å²) in [5.74, 6) is 1.19. The molecule has 1 saturated carbocycles. The molecule has 0 bridgehead atoms. The molecule has 0 unspecified atom stereocenters. The van der Waals surface area contributed by atoms with Crippen molar-refractivity contribution in [1.82, 2.24) is 35.5 Å². The first-order valence-corrected chi connectivity index (χ1v) is 10.1. The highest BCUT2D eigenvalue weighted by Gasteiger charge is 2.43. The number of aromatic nitrogens is 6. The number of hydrogen-bond donors (Lipinski definition) is 2. The van der Waals surface area contributed by atoms with Gasteiger partial charge < -0.3 is 10.3 Å². The molecule has 1 aliphatic rings. The fourth-order valence-corrected chi connectivity index (χ4v) is 4.19. The topological polar surface area (TPSA) is 101 Å². The lowest BCUT2D eigenvalue weighted by Crippen LogP contribution is -2.51. The van der Waals surface area contributed by atoms with Crippen LogP contribution in [0.4, 0.5) is 0 Å². The van der Waals surface area contributed by atoms with Crippen LogP contribution >= 0.6 is 0 Å². The number of rotatable bonds is 6. The van der Waals surface area contributed by atoms with E-state index in [-0.39, 0.29) is 11.9 Å². The van der Waals surface area contributed by atoms with Crippen molar-refractivity contribution in [1.29, 1.82) is 0 Å². The average molecular weight is 381 g/mol. The molecular formula is C20H27N7O. The molecule has 1 atom stereocenters. The maximum Gasteiger partial charge on any atom is 0.248 e. The van der Waals surface area contributed by atoms with Gasteiger partial charge in [-0.2, -0.15) is 0 Å². The zero-order chi connectivity index (χ0) is 19.6. The molecule has 3 aromatic rings. The van der Waals surface area contributed by atoms with Crippen molar-refractivity contribution in [2.24, 2.45) is 5.92 Å². The Morgan fingerprint density at radius 2 is 2.04 bits per heavy atom. The number of para-hydroxylation sites is 2. The van der Waals surface area contributed by atoms with Gasteiger partial charge in [-0.3, -0.25) is 4.79 Å². The molecule has 1 amide bonds. The van der Waals surface area contributed by atoms with E-state index in [9.17, 15) is 4.79 Å². The number of aromatic amines is 1. The number of tetrazole rings is 1. The van der Waals surface area contributed by atoms with Gasteiger partial charge in [0.15, 0.2) is 0 Å². The first kappa shape index (κ1) is 18.6. The van der Waals surface area contributed by atoms with Crippen molar-refractivity contribution in [2.75, 3.05) is 0 Å². The number of fused-ring (bicyclic) bond motifs is 1. The summed E-state index contributed by atoms with van der Waals surface area (Å²) < 4.78 is 1.65. The fraction of sp³-hybridized carbons (Fsp3) is 0.550. The lowest BCUT2D eigenvalue weighted by Gasteiger charge is -2.36. The van der Waals surface area contributed by atoms with Gasteiger partial charge in [-0.25, -0.2) is 9.67 Å². The van der Waals surface area contributed by atoms with Crippen LogP contribution in [-0.2, 0) is 10.3 Å². The molecule has 1 aliphatic carbocycles. The normalized spacial score (nSPS) is 17.7. The van der Waals surface area contributed by atoms with E-state index in [0.717, 1.165) is 55.4 Å². The van der Waals surface area contributed by atoms with Gasteiger partial charge in [0.25, 0.3) is 0 Å². The van der Waals surface area contributed by atoms with Crippen LogP contribution in [0.5, 0.6) is 0 Å². The Labute approximate surface area is 164 Å². The summed E-state index contributed by atoms with van der Waals surface area (Å²) in [6.07, 6.45) is 6.98. The van der Waals surface area contributed by atoms with Gasteiger partial charge in [-0.15, -0.1) is 5.10 Å². The molecule has 2 N–H and O–H groups in total. The monoisotopic (exact) mass is 381 g/mol. The van der Waals surface area contributed by atoms with Crippen LogP contribution < -0.4 is 5.32 Å². The number of hydrogen-bond acceptors (Lipinski definition) is 5. The third-order valence-corrected chi connectivity index (χ3v) is 5.64. The number of carbonyl (C=O) groups excluding carboxylic acids is 1. The van der Waals surface area contributed by atoms with E-state index < -0.39 is 5.54 Å². The summed E-state index contributed by atoms with van der Waals surface area (Å²) in [5, 5.41) is 14.9. The van der Waals surface area contributed by atoms with Gasteiger partial charge in [0.1, 0.15) is 17.7 Å². The molecular weight excluding hydrogens is 354 g/mol. The minimum Gasteiger partial charge on any atom is -0.344 e. The van der Waals surface area contributed by atoms with Crippen LogP contribution in [0.3, 0.4) is 0 Å². The third kappa shape index (κ3) is 3.50. The highest BCUT2D eigenvalue weighted by Crippen LogP contribution is 2.35. The van der Waals surface area contributed by atoms with Crippen molar-refractivity contribution in [3.05, 3.63) is 36.4 Å². The van der Waals surface area contributed by atoms with Crippen molar-refractivity contribution in [3.63, 3.8) is 0 Å². The van der Waals surface area contributed by atoms with Crippen molar-refractivity contribution in [2.45, 2.75) is 64.0 Å². The first-order chi connectivity index (χ1) is 13.6. The largest absolute Gasteiger partial charge is 0.344 e. The Morgan fingerprint density at radius 3 is 2.71 bits per heavy atom. The Bertz CT molecular complexity index is 892. The first-order valence-electron chi connectivity index (χ1n) is 10.1. The minimum atomic E-state index is -0.719. The number of nitrogens with one attached hydrogen (secondary N) is 2. The maximum atomic E-state index is 13.5. The quantitative estimate of drug-likeness (QED) is 0.683. The van der Waals surface area contributed by atoms with Crippen LogP contribution in [0.15, 0.2) is 30.6 Å². The Balaban J connectivity index is 1.64. The summed E-state index contributed by atoms with van der Waals surface area (Å²) in [4.78, 5) is 21.6. The Kier molecular flexibility index (Phi) is 5.11. The van der Waals surface area contributed by atoms with E-state index in [0.29, 0.717) is 5.92 Å². The lowest BCUT2D eigenvalue weighted by molar-refractivity contribution is -0.133. The van der Waals surface area contributed by atoms with Gasteiger partial charge in [-0.05, 0) is 47.7 Å². The van der Waals surface area contributed by atoms with Gasteiger partial charge >= 0.3 is 0 Å². The number of nitrogens with zero attached hydrogens (tertiary/aromatic N) is 5. The molecule has 1 fully saturated rings. The predicted octanol–water partition coefficient (Wildman–Crippen LogP) is 3.11. The fourth-order valence-electron chi connectivity index (χ4n) is 4.19. The average Bonchev–Trinajstić information content (AvgIpc) is 3.37. The van der Waals surface area contributed by atoms with Crippen molar-refractivity contribution >= 4 is 16.9 Å². The minimum absolute atomic E-state index is 0.0226. The second kappa shape index (κ2) is 7.69. The second-order valence-electron chi connectivity index (χ2n) is 8.14. The molecule has 0 aliphatic heterocycles. The molecule has 0 spiro atoms. The summed E-state index contributed by atoms with van der Waals surface area (Å²) in [7, 11) is 0. The molecule has 148 valence electrons. The molecule has 2 aromatic heterocycles. The highest BCUT2D eigenvalue weighted by atomic mass is 16.2. The van der Waals surface area contributed by atoms with Crippen LogP contribution in [0, 0.1) is 5.92 Å². The van der Waals surface area contributed by atoms with E-state index in [1.165, 1.54) is 0 Å². The summed E-state index contributed by atoms with van der Waals surface area (Å²) in [6, 6.07) is 7.75. The lowest BCUT2D eigenvalue weighted by atomic mass is 9.80. The molecule has 0 radical (unpaired) electrons. The van der Waals surface area contributed by atoms with Crippen LogP contribution in [0.1, 0.15) is 64.2 Å². The Morgan fingerprint density at radius 1 is 1.25 bits per heavy atom. The second-order valence-corrected chi connectivity index (χ2v) is 8.14. The number of imidazole rings is 1. The van der Waals surface area contributed by atoms with E-state index in [2.05, 4.69) is 39.7 Å². The van der Waals surface area contributed by atoms with Gasteiger partial charge in [0, 0.05) is 0 Å². The van der Waals surface area contributed by atoms with Crippen molar-refractivity contribution in [3.8, 4) is 0 Å². The molecule has 2 heterocycles. The number of H-pyrrole nitrogens is 1. The zero-order valence-corrected chi connectivity index (χ0v) is 16.4. The van der Waals surface area contributed by atoms with Crippen molar-refractivity contribution < 1.29 is 4.79 Å². The summed E-state index contributed by atoms with van der Waals surface area (Å²) in [5.41, 5.74) is 1.17. The molecule has 4 rings (SSSR count). The van der Waals surface area contributed by atoms with Crippen LogP contribution in [0.25, 0.3) is 11.0 Å². The molecule has 0 saturated heterocycles. The molecule has 8 heteroatoms. The van der Waals surface area contributed by atoms with E-state index >= 15 is 0 Å². The number of benzene rings is 1. The molecule has 1 aromatic carbocycles. The number of carbonyl (C=O) groups is 1. The van der Waals surface area contributed by atoms with Gasteiger partial charge in [-0.1, -0.05) is 45.2 Å². The molecule has 28 heavy (non-hydrogen) atoms. The smallest absolute Gasteiger partial charge is 0.248 e. The molecule has 8 nitrogen and oxygen atoms in total. The Hall–Kier alpha value is -2.77. The highest BCUT2D eigenvalue weighted by molar-refractivity contribution is 5.85. The standard InChI is InChI=1S/C20H27N7O/c1-14(2)12-17(18-22-15-8-4-5-9-16(15)23-18)24-19(28)20(10-6-3-7-11-20)27-13-21-25-26-27/h4-5,8-9,13-14,17H,3,6-7,10-12H2,1-2H3,(H,22,23)(H,24,28)/t17-/m1/s1. The van der Waals surface area contributed by atoms with E-state index in [1.54, 1.807) is 11.0 Å². The van der Waals surface area contributed by atoms with Gasteiger partial charge in [0.2, 0.25) is 5.91 Å². The zero-order valence-electron chi connectivity index (χ0n) is 16.4. The summed E-state index contributed by atoms with van der Waals surface area (Å²) in [6.45, 7) is 4.30. The van der Waals surface area contributed by atoms with Crippen LogP contribution in [-0.4, -0.2) is 36.1 Å². The third-order valence-electron chi connectivity index (χ3n) is 5.64. The predicted molar refractivity (Wildman–Crippen MR) is 105 cm³/mol. The SMILES string of the molecule is CC(C)C[C@@H](NC(=O)C1(n2cnnn2)CCCCC1)c1nc2ccccc2[nH]1. The maximum absolute atomic E-state index is 13.5.